The number of thiophene rings is 1. The zero-order valence-electron chi connectivity index (χ0n) is 9.74. The maximum Gasteiger partial charge on any atom is 0.165 e. The molecule has 2 N–H and O–H groups in total. The molecule has 2 aromatic rings. The third kappa shape index (κ3) is 2.33. The molecule has 0 spiro atoms. The first kappa shape index (κ1) is 12.1. The highest BCUT2D eigenvalue weighted by molar-refractivity contribution is 7.08. The average molecular weight is 251 g/mol. The van der Waals surface area contributed by atoms with Crippen LogP contribution in [-0.2, 0) is 0 Å². The van der Waals surface area contributed by atoms with Gasteiger partial charge in [0.2, 0.25) is 0 Å². The second-order valence-electron chi connectivity index (χ2n) is 3.88. The van der Waals surface area contributed by atoms with Gasteiger partial charge in [0.1, 0.15) is 0 Å². The minimum atomic E-state index is -0.381. The summed E-state index contributed by atoms with van der Waals surface area (Å²) in [5.74, 6) is -0.142. The fourth-order valence-electron chi connectivity index (χ4n) is 1.74. The molecule has 2 rings (SSSR count). The fourth-order valence-corrected chi connectivity index (χ4v) is 2.63. The first-order valence-corrected chi connectivity index (χ1v) is 6.19. The van der Waals surface area contributed by atoms with Crippen molar-refractivity contribution in [1.29, 1.82) is 0 Å². The highest BCUT2D eigenvalue weighted by Crippen LogP contribution is 2.28. The quantitative estimate of drug-likeness (QED) is 0.908. The van der Waals surface area contributed by atoms with Gasteiger partial charge in [-0.15, -0.1) is 0 Å². The zero-order valence-corrected chi connectivity index (χ0v) is 10.6. The maximum absolute atomic E-state index is 13.6. The molecule has 1 atom stereocenters. The molecule has 0 aliphatic heterocycles. The van der Waals surface area contributed by atoms with Gasteiger partial charge in [0.05, 0.1) is 13.2 Å². The number of aryl methyl sites for hydroxylation is 1. The van der Waals surface area contributed by atoms with Crippen LogP contribution in [0.25, 0.3) is 0 Å². The second kappa shape index (κ2) is 4.85. The molecule has 0 aliphatic carbocycles. The molecule has 0 aliphatic rings. The van der Waals surface area contributed by atoms with E-state index in [-0.39, 0.29) is 17.6 Å². The van der Waals surface area contributed by atoms with E-state index in [1.807, 2.05) is 17.7 Å². The largest absolute Gasteiger partial charge is 0.494 e. The predicted octanol–water partition coefficient (Wildman–Crippen LogP) is 3.25. The molecule has 1 unspecified atom stereocenters. The van der Waals surface area contributed by atoms with Gasteiger partial charge in [-0.05, 0) is 46.5 Å². The number of ether oxygens (including phenoxy) is 1. The Labute approximate surface area is 104 Å². The molecular formula is C13H14FNOS. The first-order valence-electron chi connectivity index (χ1n) is 5.25. The molecule has 90 valence electrons. The number of nitrogens with two attached hydrogens (primary N) is 1. The van der Waals surface area contributed by atoms with E-state index in [4.69, 9.17) is 10.5 Å². The van der Waals surface area contributed by atoms with Crippen LogP contribution in [0.15, 0.2) is 29.0 Å². The van der Waals surface area contributed by atoms with Gasteiger partial charge in [0.25, 0.3) is 0 Å². The van der Waals surface area contributed by atoms with Gasteiger partial charge in [-0.1, -0.05) is 6.07 Å². The molecule has 0 saturated carbocycles. The van der Waals surface area contributed by atoms with Crippen LogP contribution in [0.3, 0.4) is 0 Å². The Bertz CT molecular complexity index is 524. The van der Waals surface area contributed by atoms with Gasteiger partial charge < -0.3 is 10.5 Å². The molecular weight excluding hydrogens is 237 g/mol. The van der Waals surface area contributed by atoms with Crippen molar-refractivity contribution in [2.24, 2.45) is 5.73 Å². The van der Waals surface area contributed by atoms with E-state index in [0.717, 1.165) is 16.7 Å². The molecule has 1 aromatic heterocycles. The molecule has 1 aromatic carbocycles. The minimum Gasteiger partial charge on any atom is -0.494 e. The lowest BCUT2D eigenvalue weighted by Gasteiger charge is -2.13. The van der Waals surface area contributed by atoms with Crippen molar-refractivity contribution in [3.63, 3.8) is 0 Å². The Balaban J connectivity index is 2.35. The van der Waals surface area contributed by atoms with Gasteiger partial charge in [-0.3, -0.25) is 0 Å². The van der Waals surface area contributed by atoms with Crippen molar-refractivity contribution in [3.8, 4) is 5.75 Å². The Kier molecular flexibility index (Phi) is 3.45. The Morgan fingerprint density at radius 1 is 1.35 bits per heavy atom. The van der Waals surface area contributed by atoms with Crippen LogP contribution in [0.4, 0.5) is 4.39 Å². The summed E-state index contributed by atoms with van der Waals surface area (Å²) in [4.78, 5) is 0. The van der Waals surface area contributed by atoms with Crippen molar-refractivity contribution in [3.05, 3.63) is 51.5 Å². The van der Waals surface area contributed by atoms with Crippen LogP contribution in [0.2, 0.25) is 0 Å². The van der Waals surface area contributed by atoms with Crippen molar-refractivity contribution in [2.75, 3.05) is 7.11 Å². The summed E-state index contributed by atoms with van der Waals surface area (Å²) in [7, 11) is 1.45. The number of hydrogen-bond acceptors (Lipinski definition) is 3. The van der Waals surface area contributed by atoms with Gasteiger partial charge in [0.15, 0.2) is 11.6 Å². The number of rotatable bonds is 3. The molecule has 0 saturated heterocycles. The minimum absolute atomic E-state index is 0.239. The van der Waals surface area contributed by atoms with Crippen LogP contribution >= 0.6 is 11.3 Å². The topological polar surface area (TPSA) is 35.2 Å². The standard InChI is InChI=1S/C13H14FNOS/c1-8-6-17-7-10(8)13(15)9-3-4-12(16-2)11(14)5-9/h3-7,13H,15H2,1-2H3. The van der Waals surface area contributed by atoms with Gasteiger partial charge in [-0.25, -0.2) is 4.39 Å². The van der Waals surface area contributed by atoms with Crippen molar-refractivity contribution >= 4 is 11.3 Å². The zero-order chi connectivity index (χ0) is 12.4. The predicted molar refractivity (Wildman–Crippen MR) is 68.0 cm³/mol. The van der Waals surface area contributed by atoms with Crippen molar-refractivity contribution in [1.82, 2.24) is 0 Å². The number of methoxy groups -OCH3 is 1. The van der Waals surface area contributed by atoms with Crippen LogP contribution < -0.4 is 10.5 Å². The molecule has 2 nitrogen and oxygen atoms in total. The van der Waals surface area contributed by atoms with E-state index < -0.39 is 0 Å². The average Bonchev–Trinajstić information content (AvgIpc) is 2.74. The van der Waals surface area contributed by atoms with Gasteiger partial charge in [0, 0.05) is 0 Å². The molecule has 0 radical (unpaired) electrons. The van der Waals surface area contributed by atoms with E-state index in [1.54, 1.807) is 23.5 Å². The van der Waals surface area contributed by atoms with Crippen LogP contribution in [-0.4, -0.2) is 7.11 Å². The molecule has 0 fully saturated rings. The number of benzene rings is 1. The fraction of sp³-hybridized carbons (Fsp3) is 0.231. The Morgan fingerprint density at radius 3 is 2.65 bits per heavy atom. The summed E-state index contributed by atoms with van der Waals surface area (Å²) in [5.41, 5.74) is 9.05. The molecule has 0 bridgehead atoms. The summed E-state index contributed by atoms with van der Waals surface area (Å²) in [6.45, 7) is 2.01. The number of hydrogen-bond donors (Lipinski definition) is 1. The maximum atomic E-state index is 13.6. The van der Waals surface area contributed by atoms with E-state index in [1.165, 1.54) is 13.2 Å². The summed E-state index contributed by atoms with van der Waals surface area (Å²) >= 11 is 1.60. The summed E-state index contributed by atoms with van der Waals surface area (Å²) in [6.07, 6.45) is 0. The molecule has 17 heavy (non-hydrogen) atoms. The van der Waals surface area contributed by atoms with Crippen molar-refractivity contribution in [2.45, 2.75) is 13.0 Å². The van der Waals surface area contributed by atoms with E-state index in [2.05, 4.69) is 0 Å². The Hall–Kier alpha value is -1.39. The second-order valence-corrected chi connectivity index (χ2v) is 4.63. The van der Waals surface area contributed by atoms with Crippen LogP contribution in [0.1, 0.15) is 22.7 Å². The van der Waals surface area contributed by atoms with E-state index >= 15 is 0 Å². The van der Waals surface area contributed by atoms with E-state index in [0.29, 0.717) is 0 Å². The summed E-state index contributed by atoms with van der Waals surface area (Å²) in [5, 5.41) is 4.04. The van der Waals surface area contributed by atoms with Gasteiger partial charge >= 0.3 is 0 Å². The summed E-state index contributed by atoms with van der Waals surface area (Å²) in [6, 6.07) is 4.54. The Morgan fingerprint density at radius 2 is 2.12 bits per heavy atom. The smallest absolute Gasteiger partial charge is 0.165 e. The third-order valence-electron chi connectivity index (χ3n) is 2.77. The molecule has 0 amide bonds. The lowest BCUT2D eigenvalue weighted by Crippen LogP contribution is -2.12. The first-order chi connectivity index (χ1) is 8.13. The van der Waals surface area contributed by atoms with E-state index in [9.17, 15) is 4.39 Å². The highest BCUT2D eigenvalue weighted by Gasteiger charge is 2.14. The lowest BCUT2D eigenvalue weighted by atomic mass is 9.99. The lowest BCUT2D eigenvalue weighted by molar-refractivity contribution is 0.386. The highest BCUT2D eigenvalue weighted by atomic mass is 32.1. The molecule has 4 heteroatoms. The van der Waals surface area contributed by atoms with Gasteiger partial charge in [-0.2, -0.15) is 11.3 Å². The monoisotopic (exact) mass is 251 g/mol. The normalized spacial score (nSPS) is 12.5. The number of halogens is 1. The summed E-state index contributed by atoms with van der Waals surface area (Å²) < 4.78 is 18.5. The van der Waals surface area contributed by atoms with Crippen LogP contribution in [0.5, 0.6) is 5.75 Å². The van der Waals surface area contributed by atoms with Crippen molar-refractivity contribution < 1.29 is 9.13 Å². The molecule has 1 heterocycles. The SMILES string of the molecule is COc1ccc(C(N)c2cscc2C)cc1F. The third-order valence-corrected chi connectivity index (χ3v) is 3.64. The van der Waals surface area contributed by atoms with Crippen LogP contribution in [0, 0.1) is 12.7 Å².